The number of hydrogen-bond donors (Lipinski definition) is 1. The van der Waals surface area contributed by atoms with E-state index < -0.39 is 0 Å². The zero-order chi connectivity index (χ0) is 18.1. The van der Waals surface area contributed by atoms with Crippen molar-refractivity contribution < 1.29 is 9.53 Å². The van der Waals surface area contributed by atoms with Crippen LogP contribution in [0.5, 0.6) is 5.75 Å². The topological polar surface area (TPSA) is 54.5 Å². The lowest BCUT2D eigenvalue weighted by Crippen LogP contribution is -2.25. The van der Waals surface area contributed by atoms with Crippen molar-refractivity contribution >= 4 is 5.91 Å². The molecule has 0 aliphatic rings. The van der Waals surface area contributed by atoms with Crippen LogP contribution in [0.25, 0.3) is 0 Å². The molecular formula is C20H25N3O2. The average Bonchev–Trinajstić information content (AvgIpc) is 2.60. The van der Waals surface area contributed by atoms with Gasteiger partial charge in [-0.2, -0.15) is 0 Å². The summed E-state index contributed by atoms with van der Waals surface area (Å²) in [5.74, 6) is 0.654. The molecule has 5 nitrogen and oxygen atoms in total. The van der Waals surface area contributed by atoms with Crippen LogP contribution in [0, 0.1) is 0 Å². The van der Waals surface area contributed by atoms with E-state index in [-0.39, 0.29) is 11.9 Å². The van der Waals surface area contributed by atoms with E-state index in [0.29, 0.717) is 6.61 Å². The number of pyridine rings is 1. The Morgan fingerprint density at radius 1 is 1.28 bits per heavy atom. The zero-order valence-electron chi connectivity index (χ0n) is 15.0. The van der Waals surface area contributed by atoms with Crippen LogP contribution in [0.2, 0.25) is 0 Å². The molecule has 5 heteroatoms. The number of amides is 1. The van der Waals surface area contributed by atoms with Gasteiger partial charge in [0.2, 0.25) is 5.91 Å². The molecule has 132 valence electrons. The van der Waals surface area contributed by atoms with E-state index in [2.05, 4.69) is 10.3 Å². The molecule has 1 amide bonds. The maximum Gasteiger partial charge on any atom is 0.244 e. The summed E-state index contributed by atoms with van der Waals surface area (Å²) in [6, 6.07) is 13.4. The Bertz CT molecular complexity index is 699. The van der Waals surface area contributed by atoms with Crippen LogP contribution in [0.3, 0.4) is 0 Å². The van der Waals surface area contributed by atoms with Crippen LogP contribution < -0.4 is 10.1 Å². The second kappa shape index (κ2) is 9.59. The van der Waals surface area contributed by atoms with Gasteiger partial charge in [-0.3, -0.25) is 9.78 Å². The minimum absolute atomic E-state index is 0.102. The van der Waals surface area contributed by atoms with Crippen molar-refractivity contribution in [2.75, 3.05) is 20.6 Å². The summed E-state index contributed by atoms with van der Waals surface area (Å²) in [7, 11) is 3.92. The smallest absolute Gasteiger partial charge is 0.244 e. The monoisotopic (exact) mass is 339 g/mol. The molecule has 1 unspecified atom stereocenters. The van der Waals surface area contributed by atoms with Gasteiger partial charge in [-0.15, -0.1) is 0 Å². The molecule has 0 saturated heterocycles. The summed E-state index contributed by atoms with van der Waals surface area (Å²) >= 11 is 0. The SMILES string of the molecule is CC(NC(=O)/C=C/CN(C)C)c1cccc(OCc2ccccn2)c1. The normalized spacial score (nSPS) is 12.3. The molecule has 0 aliphatic heterocycles. The third-order valence-electron chi connectivity index (χ3n) is 3.57. The molecular weight excluding hydrogens is 314 g/mol. The highest BCUT2D eigenvalue weighted by molar-refractivity contribution is 5.87. The number of carbonyl (C=O) groups is 1. The number of nitrogens with zero attached hydrogens (tertiary/aromatic N) is 2. The number of carbonyl (C=O) groups excluding carboxylic acids is 1. The summed E-state index contributed by atoms with van der Waals surface area (Å²) < 4.78 is 5.78. The first-order valence-electron chi connectivity index (χ1n) is 8.29. The predicted octanol–water partition coefficient (Wildman–Crippen LogP) is 2.96. The van der Waals surface area contributed by atoms with E-state index in [4.69, 9.17) is 4.74 Å². The highest BCUT2D eigenvalue weighted by atomic mass is 16.5. The van der Waals surface area contributed by atoms with Crippen LogP contribution in [0.4, 0.5) is 0 Å². The van der Waals surface area contributed by atoms with Gasteiger partial charge in [0.05, 0.1) is 11.7 Å². The first kappa shape index (κ1) is 18.7. The minimum atomic E-state index is -0.103. The molecule has 0 saturated carbocycles. The van der Waals surface area contributed by atoms with Crippen LogP contribution in [-0.4, -0.2) is 36.4 Å². The maximum atomic E-state index is 11.9. The highest BCUT2D eigenvalue weighted by Gasteiger charge is 2.08. The standard InChI is InChI=1S/C20H25N3O2/c1-16(22-20(24)11-7-13-23(2)3)17-8-6-10-19(14-17)25-15-18-9-4-5-12-21-18/h4-12,14,16H,13,15H2,1-3H3,(H,22,24)/b11-7+. The summed E-state index contributed by atoms with van der Waals surface area (Å²) in [4.78, 5) is 18.2. The minimum Gasteiger partial charge on any atom is -0.487 e. The lowest BCUT2D eigenvalue weighted by atomic mass is 10.1. The van der Waals surface area contributed by atoms with Crippen LogP contribution >= 0.6 is 0 Å². The van der Waals surface area contributed by atoms with Crippen LogP contribution in [-0.2, 0) is 11.4 Å². The number of hydrogen-bond acceptors (Lipinski definition) is 4. The maximum absolute atomic E-state index is 11.9. The van der Waals surface area contributed by atoms with Gasteiger partial charge in [0.15, 0.2) is 0 Å². The lowest BCUT2D eigenvalue weighted by Gasteiger charge is -2.14. The molecule has 0 aliphatic carbocycles. The Hall–Kier alpha value is -2.66. The van der Waals surface area contributed by atoms with Gasteiger partial charge < -0.3 is 15.0 Å². The Morgan fingerprint density at radius 2 is 2.12 bits per heavy atom. The molecule has 1 heterocycles. The van der Waals surface area contributed by atoms with Crippen LogP contribution in [0.1, 0.15) is 24.2 Å². The van der Waals surface area contributed by atoms with E-state index >= 15 is 0 Å². The fourth-order valence-corrected chi connectivity index (χ4v) is 2.23. The van der Waals surface area contributed by atoms with Crippen molar-refractivity contribution in [1.82, 2.24) is 15.2 Å². The quantitative estimate of drug-likeness (QED) is 0.751. The molecule has 1 N–H and O–H groups in total. The summed E-state index contributed by atoms with van der Waals surface area (Å²) in [6.07, 6.45) is 5.16. The Labute approximate surface area is 149 Å². The number of ether oxygens (including phenoxy) is 1. The number of likely N-dealkylation sites (N-methyl/N-ethyl adjacent to an activating group) is 1. The molecule has 1 atom stereocenters. The van der Waals surface area contributed by atoms with E-state index in [1.807, 2.05) is 74.5 Å². The largest absolute Gasteiger partial charge is 0.487 e. The third kappa shape index (κ3) is 6.77. The molecule has 0 radical (unpaired) electrons. The van der Waals surface area contributed by atoms with Gasteiger partial charge in [0.25, 0.3) is 0 Å². The lowest BCUT2D eigenvalue weighted by molar-refractivity contribution is -0.117. The van der Waals surface area contributed by atoms with Crippen molar-refractivity contribution in [3.05, 3.63) is 72.1 Å². The first-order valence-corrected chi connectivity index (χ1v) is 8.29. The van der Waals surface area contributed by atoms with Crippen molar-refractivity contribution in [1.29, 1.82) is 0 Å². The summed E-state index contributed by atoms with van der Waals surface area (Å²) in [6.45, 7) is 3.10. The first-order chi connectivity index (χ1) is 12.0. The van der Waals surface area contributed by atoms with Gasteiger partial charge in [-0.05, 0) is 50.8 Å². The van der Waals surface area contributed by atoms with Gasteiger partial charge in [0.1, 0.15) is 12.4 Å². The second-order valence-electron chi connectivity index (χ2n) is 6.08. The Morgan fingerprint density at radius 3 is 2.84 bits per heavy atom. The Kier molecular flexibility index (Phi) is 7.16. The summed E-state index contributed by atoms with van der Waals surface area (Å²) in [5.41, 5.74) is 1.87. The van der Waals surface area contributed by atoms with E-state index in [9.17, 15) is 4.79 Å². The fraction of sp³-hybridized carbons (Fsp3) is 0.300. The van der Waals surface area contributed by atoms with E-state index in [1.54, 1.807) is 12.3 Å². The van der Waals surface area contributed by atoms with Gasteiger partial charge in [0, 0.05) is 18.8 Å². The van der Waals surface area contributed by atoms with Crippen LogP contribution in [0.15, 0.2) is 60.8 Å². The molecule has 0 bridgehead atoms. The van der Waals surface area contributed by atoms with Gasteiger partial charge in [-0.25, -0.2) is 0 Å². The molecule has 2 rings (SSSR count). The second-order valence-corrected chi connectivity index (χ2v) is 6.08. The average molecular weight is 339 g/mol. The molecule has 25 heavy (non-hydrogen) atoms. The molecule has 1 aromatic heterocycles. The fourth-order valence-electron chi connectivity index (χ4n) is 2.23. The summed E-state index contributed by atoms with van der Waals surface area (Å²) in [5, 5.41) is 2.96. The van der Waals surface area contributed by atoms with Gasteiger partial charge >= 0.3 is 0 Å². The third-order valence-corrected chi connectivity index (χ3v) is 3.57. The number of rotatable bonds is 8. The van der Waals surface area contributed by atoms with Crippen molar-refractivity contribution in [2.24, 2.45) is 0 Å². The predicted molar refractivity (Wildman–Crippen MR) is 99.3 cm³/mol. The zero-order valence-corrected chi connectivity index (χ0v) is 15.0. The van der Waals surface area contributed by atoms with E-state index in [0.717, 1.165) is 23.6 Å². The molecule has 1 aromatic carbocycles. The number of benzene rings is 1. The van der Waals surface area contributed by atoms with Crippen molar-refractivity contribution in [2.45, 2.75) is 19.6 Å². The van der Waals surface area contributed by atoms with Crippen molar-refractivity contribution in [3.63, 3.8) is 0 Å². The molecule has 0 spiro atoms. The Balaban J connectivity index is 1.91. The van der Waals surface area contributed by atoms with E-state index in [1.165, 1.54) is 0 Å². The van der Waals surface area contributed by atoms with Gasteiger partial charge in [-0.1, -0.05) is 24.3 Å². The highest BCUT2D eigenvalue weighted by Crippen LogP contribution is 2.20. The molecule has 0 fully saturated rings. The van der Waals surface area contributed by atoms with Crippen molar-refractivity contribution in [3.8, 4) is 5.75 Å². The number of aromatic nitrogens is 1. The number of nitrogens with one attached hydrogen (secondary N) is 1. The molecule has 2 aromatic rings.